The fourth-order valence-electron chi connectivity index (χ4n) is 6.03. The first-order chi connectivity index (χ1) is 22.4. The van der Waals surface area contributed by atoms with E-state index in [0.29, 0.717) is 83.4 Å². The molecule has 2 N–H and O–H groups in total. The van der Waals surface area contributed by atoms with Crippen molar-refractivity contribution in [1.82, 2.24) is 44.6 Å². The Hall–Kier alpha value is -3.33. The summed E-state index contributed by atoms with van der Waals surface area (Å²) in [5.41, 5.74) is 6.04. The second-order valence-corrected chi connectivity index (χ2v) is 11.9. The van der Waals surface area contributed by atoms with Gasteiger partial charge in [-0.25, -0.2) is 9.67 Å². The maximum absolute atomic E-state index is 11.8. The van der Waals surface area contributed by atoms with Crippen molar-refractivity contribution in [2.24, 2.45) is 0 Å². The normalized spacial score (nSPS) is 19.6. The summed E-state index contributed by atoms with van der Waals surface area (Å²) in [4.78, 5) is 42.1. The molecule has 255 valence electrons. The zero-order valence-electron chi connectivity index (χ0n) is 26.0. The maximum Gasteiger partial charge on any atom is 0.317 e. The molecule has 3 aliphatic rings. The Morgan fingerprint density at radius 3 is 1.79 bits per heavy atom. The smallest absolute Gasteiger partial charge is 0.317 e. The van der Waals surface area contributed by atoms with E-state index in [1.54, 1.807) is 4.68 Å². The molecule has 1 saturated heterocycles. The third-order valence-corrected chi connectivity index (χ3v) is 8.39. The number of carbonyl (C=O) groups is 2. The number of pyridine rings is 2. The van der Waals surface area contributed by atoms with Gasteiger partial charge in [0.25, 0.3) is 0 Å². The summed E-state index contributed by atoms with van der Waals surface area (Å²) in [6, 6.07) is 20.2. The predicted octanol–water partition coefficient (Wildman–Crippen LogP) is 1.85. The van der Waals surface area contributed by atoms with E-state index in [-0.39, 0.29) is 50.0 Å². The first kappa shape index (κ1) is 35.0. The molecule has 0 unspecified atom stereocenters. The van der Waals surface area contributed by atoms with Crippen molar-refractivity contribution in [3.05, 3.63) is 83.9 Å². The molecular weight excluding hydrogens is 761 g/mol. The van der Waals surface area contributed by atoms with Gasteiger partial charge in [0.05, 0.1) is 48.6 Å². The van der Waals surface area contributed by atoms with Crippen molar-refractivity contribution in [2.45, 2.75) is 19.6 Å². The minimum absolute atomic E-state index is 0. The van der Waals surface area contributed by atoms with Gasteiger partial charge in [-0.2, -0.15) is 0 Å². The molecule has 8 bridgehead atoms. The average Bonchev–Trinajstić information content (AvgIpc) is 3.50. The van der Waals surface area contributed by atoms with Crippen LogP contribution in [0.25, 0.3) is 22.5 Å². The van der Waals surface area contributed by atoms with Crippen LogP contribution in [0.5, 0.6) is 0 Å². The van der Waals surface area contributed by atoms with Gasteiger partial charge in [-0.1, -0.05) is 41.6 Å². The quantitative estimate of drug-likeness (QED) is 0.304. The van der Waals surface area contributed by atoms with Crippen molar-refractivity contribution in [1.29, 1.82) is 0 Å². The number of aliphatic carboxylic acids is 2. The summed E-state index contributed by atoms with van der Waals surface area (Å²) in [6.07, 6.45) is 1.89. The van der Waals surface area contributed by atoms with Crippen LogP contribution in [0.2, 0.25) is 0 Å². The van der Waals surface area contributed by atoms with Gasteiger partial charge in [-0.05, 0) is 35.4 Å². The standard InChI is InChI=1S/C33H39N9O4.Lu/c43-32(44)23-40-13-9-38-10-14-41(24-33(45)46)16-12-39(11-15-40)20-28-17-26(25-5-2-1-3-6-25)18-29(34-28)21-42-22-31(36-37-42)30-8-4-7-27(19-38)35-30;/h1-8,17-18,22H,9-16,19-21,23-24H2,(H,43,44)(H,45,46);. The molecule has 1 radical (unpaired) electrons. The van der Waals surface area contributed by atoms with Crippen molar-refractivity contribution >= 4 is 11.9 Å². The van der Waals surface area contributed by atoms with Crippen LogP contribution in [0.3, 0.4) is 0 Å². The minimum atomic E-state index is -0.861. The van der Waals surface area contributed by atoms with Crippen LogP contribution >= 0.6 is 0 Å². The van der Waals surface area contributed by atoms with Gasteiger partial charge in [0, 0.05) is 102 Å². The molecule has 13 nitrogen and oxygen atoms in total. The van der Waals surface area contributed by atoms with E-state index < -0.39 is 11.9 Å². The Labute approximate surface area is 303 Å². The summed E-state index contributed by atoms with van der Waals surface area (Å²) >= 11 is 0. The van der Waals surface area contributed by atoms with E-state index in [0.717, 1.165) is 28.2 Å². The fourth-order valence-corrected chi connectivity index (χ4v) is 6.03. The second kappa shape index (κ2) is 16.7. The van der Waals surface area contributed by atoms with E-state index >= 15 is 0 Å². The van der Waals surface area contributed by atoms with Crippen molar-refractivity contribution in [3.63, 3.8) is 0 Å². The van der Waals surface area contributed by atoms with Gasteiger partial charge in [0.2, 0.25) is 0 Å². The van der Waals surface area contributed by atoms with E-state index in [2.05, 4.69) is 44.4 Å². The zero-order chi connectivity index (χ0) is 31.9. The van der Waals surface area contributed by atoms with Gasteiger partial charge in [-0.3, -0.25) is 34.2 Å². The molecule has 0 spiro atoms. The molecule has 0 saturated carbocycles. The van der Waals surface area contributed by atoms with E-state index in [4.69, 9.17) is 9.97 Å². The second-order valence-electron chi connectivity index (χ2n) is 11.9. The van der Waals surface area contributed by atoms with Crippen LogP contribution in [0.1, 0.15) is 17.1 Å². The number of benzene rings is 1. The first-order valence-corrected chi connectivity index (χ1v) is 15.6. The molecule has 0 amide bonds. The fraction of sp³-hybridized carbons (Fsp3) is 0.394. The monoisotopic (exact) mass is 800 g/mol. The SMILES string of the molecule is O=C(O)CN1CCN2CCN(CC(=O)O)CCN(CC1)Cc1cccc(n1)-c1cn(nn1)Cc1cc(-c3ccccc3)cc(n1)C2.[Lu]. The van der Waals surface area contributed by atoms with Crippen LogP contribution in [0, 0.1) is 36.9 Å². The molecule has 3 aliphatic heterocycles. The topological polar surface area (TPSA) is 144 Å². The van der Waals surface area contributed by atoms with Crippen molar-refractivity contribution < 1.29 is 56.7 Å². The number of nitrogens with zero attached hydrogens (tertiary/aromatic N) is 9. The van der Waals surface area contributed by atoms with Gasteiger partial charge < -0.3 is 10.2 Å². The van der Waals surface area contributed by atoms with Crippen molar-refractivity contribution in [2.75, 3.05) is 65.4 Å². The summed E-state index contributed by atoms with van der Waals surface area (Å²) < 4.78 is 1.78. The Morgan fingerprint density at radius 1 is 0.617 bits per heavy atom. The Bertz CT molecular complexity index is 1620. The summed E-state index contributed by atoms with van der Waals surface area (Å²) in [7, 11) is 0. The maximum atomic E-state index is 11.8. The minimum Gasteiger partial charge on any atom is -0.480 e. The number of carboxylic acid groups (broad SMARTS) is 2. The summed E-state index contributed by atoms with van der Waals surface area (Å²) in [6.45, 7) is 6.04. The number of fused-ring (bicyclic) bond motifs is 8. The van der Waals surface area contributed by atoms with E-state index in [1.165, 1.54) is 0 Å². The summed E-state index contributed by atoms with van der Waals surface area (Å²) in [5.74, 6) is -1.72. The van der Waals surface area contributed by atoms with Crippen LogP contribution in [-0.4, -0.2) is 132 Å². The van der Waals surface area contributed by atoms with Crippen LogP contribution < -0.4 is 0 Å². The molecule has 6 heterocycles. The van der Waals surface area contributed by atoms with Crippen molar-refractivity contribution in [3.8, 4) is 22.5 Å². The van der Waals surface area contributed by atoms with Gasteiger partial charge in [0.1, 0.15) is 5.69 Å². The van der Waals surface area contributed by atoms with Crippen LogP contribution in [0.4, 0.5) is 0 Å². The molecule has 4 aromatic rings. The number of hydrogen-bond acceptors (Lipinski definition) is 10. The molecular formula is C33H39LuN9O4. The molecule has 1 fully saturated rings. The third kappa shape index (κ3) is 10.1. The van der Waals surface area contributed by atoms with Crippen LogP contribution in [-0.2, 0) is 29.2 Å². The molecule has 14 heteroatoms. The Morgan fingerprint density at radius 2 is 1.19 bits per heavy atom. The molecule has 0 aliphatic carbocycles. The number of carboxylic acids is 2. The van der Waals surface area contributed by atoms with E-state index in [9.17, 15) is 19.8 Å². The molecule has 7 rings (SSSR count). The van der Waals surface area contributed by atoms with Gasteiger partial charge in [-0.15, -0.1) is 5.10 Å². The molecule has 0 atom stereocenters. The molecule has 3 aromatic heterocycles. The predicted molar refractivity (Wildman–Crippen MR) is 171 cm³/mol. The molecule has 47 heavy (non-hydrogen) atoms. The zero-order valence-corrected chi connectivity index (χ0v) is 27.7. The number of aromatic nitrogens is 5. The van der Waals surface area contributed by atoms with Gasteiger partial charge in [0.15, 0.2) is 0 Å². The summed E-state index contributed by atoms with van der Waals surface area (Å²) in [5, 5.41) is 28.2. The Balaban J connectivity index is 0.00000433. The first-order valence-electron chi connectivity index (χ1n) is 15.6. The molecule has 1 aromatic carbocycles. The van der Waals surface area contributed by atoms with Gasteiger partial charge >= 0.3 is 11.9 Å². The largest absolute Gasteiger partial charge is 0.480 e. The third-order valence-electron chi connectivity index (χ3n) is 8.39. The van der Waals surface area contributed by atoms with E-state index in [1.807, 2.05) is 52.4 Å². The Kier molecular flexibility index (Phi) is 12.4. The number of hydrogen-bond donors (Lipinski definition) is 2. The van der Waals surface area contributed by atoms with Crippen LogP contribution in [0.15, 0.2) is 66.9 Å². The number of rotatable bonds is 5. The average molecular weight is 801 g/mol.